The van der Waals surface area contributed by atoms with Gasteiger partial charge in [-0.15, -0.1) is 0 Å². The van der Waals surface area contributed by atoms with Crippen LogP contribution >= 0.6 is 13.5 Å². The monoisotopic (exact) mass is 266 g/mol. The Labute approximate surface area is 103 Å². The molecule has 2 bridgehead atoms. The van der Waals surface area contributed by atoms with Gasteiger partial charge in [-0.2, -0.15) is 21.9 Å². The van der Waals surface area contributed by atoms with Crippen LogP contribution in [0, 0.1) is 16.7 Å². The lowest BCUT2D eigenvalue weighted by Gasteiger charge is -2.35. The molecule has 0 aromatic rings. The molecule has 0 spiro atoms. The van der Waals surface area contributed by atoms with E-state index in [-0.39, 0.29) is 30.6 Å². The Kier molecular flexibility index (Phi) is 3.25. The quantitative estimate of drug-likeness (QED) is 0.767. The lowest BCUT2D eigenvalue weighted by atomic mass is 9.70. The zero-order valence-corrected chi connectivity index (χ0v) is 11.3. The Bertz CT molecular complexity index is 413. The summed E-state index contributed by atoms with van der Waals surface area (Å²) in [7, 11) is -4.08. The van der Waals surface area contributed by atoms with Gasteiger partial charge in [-0.05, 0) is 24.2 Å². The summed E-state index contributed by atoms with van der Waals surface area (Å²) in [5.74, 6) is -0.101. The van der Waals surface area contributed by atoms with Gasteiger partial charge in [0.1, 0.15) is 5.78 Å². The molecule has 0 heterocycles. The highest BCUT2D eigenvalue weighted by molar-refractivity contribution is 7.85. The number of fused-ring (bicyclic) bond motifs is 2. The third-order valence-corrected chi connectivity index (χ3v) is 5.43. The Hall–Kier alpha value is -0.0700. The van der Waals surface area contributed by atoms with Gasteiger partial charge < -0.3 is 0 Å². The maximum atomic E-state index is 11.9. The van der Waals surface area contributed by atoms with Crippen molar-refractivity contribution in [1.29, 1.82) is 0 Å². The molecule has 2 aliphatic rings. The van der Waals surface area contributed by atoms with Gasteiger partial charge >= 0.3 is 0 Å². The summed E-state index contributed by atoms with van der Waals surface area (Å²) in [5, 5.41) is 0. The Morgan fingerprint density at radius 2 is 2.00 bits per heavy atom. The van der Waals surface area contributed by atoms with Crippen molar-refractivity contribution in [3.8, 4) is 0 Å². The van der Waals surface area contributed by atoms with Crippen LogP contribution in [0.1, 0.15) is 33.1 Å². The van der Waals surface area contributed by atoms with Crippen molar-refractivity contribution < 1.29 is 17.8 Å². The summed E-state index contributed by atoms with van der Waals surface area (Å²) < 4.78 is 31.0. The third kappa shape index (κ3) is 1.71. The second kappa shape index (κ2) is 3.71. The van der Waals surface area contributed by atoms with E-state index in [9.17, 15) is 13.2 Å². The maximum Gasteiger partial charge on any atom is 0.265 e. The van der Waals surface area contributed by atoms with Crippen molar-refractivity contribution in [3.63, 3.8) is 0 Å². The van der Waals surface area contributed by atoms with Crippen LogP contribution in [0.2, 0.25) is 0 Å². The number of rotatable bonds is 2. The summed E-state index contributed by atoms with van der Waals surface area (Å²) in [6.07, 6.45) is 1.97. The molecule has 0 radical (unpaired) electrons. The number of hydrogen-bond acceptors (Lipinski definition) is 3. The lowest BCUT2D eigenvalue weighted by molar-refractivity contribution is -0.128. The average Bonchev–Trinajstić information content (AvgIpc) is 2.34. The minimum Gasteiger partial charge on any atom is -0.299 e. The molecule has 2 atom stereocenters. The molecular weight excluding hydrogens is 248 g/mol. The normalized spacial score (nSPS) is 36.2. The van der Waals surface area contributed by atoms with E-state index in [0.29, 0.717) is 12.8 Å². The number of carbonyl (C=O) groups excluding carboxylic acids is 1. The summed E-state index contributed by atoms with van der Waals surface area (Å²) >= 11 is 0. The number of ketones is 1. The first kappa shape index (κ1) is 14.0. The van der Waals surface area contributed by atoms with Crippen LogP contribution in [0.3, 0.4) is 0 Å². The highest BCUT2D eigenvalue weighted by atomic mass is 32.2. The standard InChI is InChI=1S/C10H16O4S.H2S/c1-9(2)7-3-4-10(9,8(11)5-7)6-15(12,13)14;/h7H,3-6H2,1-2H3,(H,12,13,14);1H2. The van der Waals surface area contributed by atoms with Crippen LogP contribution < -0.4 is 0 Å². The molecule has 4 nitrogen and oxygen atoms in total. The summed E-state index contributed by atoms with van der Waals surface area (Å²) in [5.41, 5.74) is -1.12. The molecule has 16 heavy (non-hydrogen) atoms. The van der Waals surface area contributed by atoms with Crippen LogP contribution in [-0.2, 0) is 14.9 Å². The van der Waals surface area contributed by atoms with Gasteiger partial charge in [0.25, 0.3) is 10.1 Å². The molecule has 6 heteroatoms. The van der Waals surface area contributed by atoms with Crippen LogP contribution in [0.5, 0.6) is 0 Å². The molecule has 2 saturated carbocycles. The minimum absolute atomic E-state index is 0. The molecule has 0 aromatic heterocycles. The maximum absolute atomic E-state index is 11.9. The van der Waals surface area contributed by atoms with Gasteiger partial charge in [-0.3, -0.25) is 9.35 Å². The molecule has 2 rings (SSSR count). The molecule has 0 aromatic carbocycles. The van der Waals surface area contributed by atoms with Crippen LogP contribution in [0.25, 0.3) is 0 Å². The average molecular weight is 266 g/mol. The molecule has 2 aliphatic carbocycles. The van der Waals surface area contributed by atoms with Crippen LogP contribution in [-0.4, -0.2) is 24.5 Å². The molecule has 2 unspecified atom stereocenters. The second-order valence-corrected chi connectivity index (χ2v) is 6.85. The first-order valence-corrected chi connectivity index (χ1v) is 6.78. The Morgan fingerprint density at radius 3 is 2.31 bits per heavy atom. The second-order valence-electron chi connectivity index (χ2n) is 5.39. The van der Waals surface area contributed by atoms with Crippen molar-refractivity contribution in [3.05, 3.63) is 0 Å². The van der Waals surface area contributed by atoms with E-state index in [4.69, 9.17) is 4.55 Å². The first-order valence-electron chi connectivity index (χ1n) is 5.17. The predicted octanol–water partition coefficient (Wildman–Crippen LogP) is 1.38. The molecule has 94 valence electrons. The molecule has 2 fully saturated rings. The van der Waals surface area contributed by atoms with Gasteiger partial charge in [-0.25, -0.2) is 0 Å². The van der Waals surface area contributed by atoms with E-state index >= 15 is 0 Å². The molecule has 0 aliphatic heterocycles. The third-order valence-electron chi connectivity index (χ3n) is 4.57. The van der Waals surface area contributed by atoms with Crippen LogP contribution in [0.4, 0.5) is 0 Å². The SMILES string of the molecule is CC1(C)C2CCC1(CS(=O)(=O)O)C(=O)C2.S. The van der Waals surface area contributed by atoms with Gasteiger partial charge in [0.05, 0.1) is 11.2 Å². The molecule has 1 N–H and O–H groups in total. The minimum atomic E-state index is -4.08. The topological polar surface area (TPSA) is 71.4 Å². The lowest BCUT2D eigenvalue weighted by Crippen LogP contribution is -2.42. The van der Waals surface area contributed by atoms with E-state index in [1.54, 1.807) is 0 Å². The fraction of sp³-hybridized carbons (Fsp3) is 0.900. The Morgan fingerprint density at radius 1 is 1.44 bits per heavy atom. The van der Waals surface area contributed by atoms with Gasteiger partial charge in [0, 0.05) is 6.42 Å². The highest BCUT2D eigenvalue weighted by Gasteiger charge is 2.65. The van der Waals surface area contributed by atoms with Crippen molar-refractivity contribution in [1.82, 2.24) is 0 Å². The summed E-state index contributed by atoms with van der Waals surface area (Å²) in [4.78, 5) is 11.9. The Balaban J connectivity index is 0.00000128. The first-order chi connectivity index (χ1) is 6.69. The van der Waals surface area contributed by atoms with E-state index in [1.807, 2.05) is 13.8 Å². The number of hydrogen-bond donors (Lipinski definition) is 1. The van der Waals surface area contributed by atoms with Crippen LogP contribution in [0.15, 0.2) is 0 Å². The van der Waals surface area contributed by atoms with E-state index in [1.165, 1.54) is 0 Å². The largest absolute Gasteiger partial charge is 0.299 e. The van der Waals surface area contributed by atoms with Gasteiger partial charge in [0.2, 0.25) is 0 Å². The molecular formula is C10H18O4S2. The highest BCUT2D eigenvalue weighted by Crippen LogP contribution is 2.64. The zero-order chi connectivity index (χ0) is 11.5. The van der Waals surface area contributed by atoms with Crippen molar-refractivity contribution >= 4 is 29.4 Å². The van der Waals surface area contributed by atoms with E-state index in [0.717, 1.165) is 6.42 Å². The zero-order valence-electron chi connectivity index (χ0n) is 9.49. The van der Waals surface area contributed by atoms with E-state index in [2.05, 4.69) is 0 Å². The van der Waals surface area contributed by atoms with Crippen molar-refractivity contribution in [2.75, 3.05) is 5.75 Å². The van der Waals surface area contributed by atoms with Gasteiger partial charge in [0.15, 0.2) is 0 Å². The fourth-order valence-corrected chi connectivity index (χ4v) is 4.72. The van der Waals surface area contributed by atoms with Gasteiger partial charge in [-0.1, -0.05) is 13.8 Å². The smallest absolute Gasteiger partial charge is 0.265 e. The molecule has 0 saturated heterocycles. The van der Waals surface area contributed by atoms with Crippen molar-refractivity contribution in [2.45, 2.75) is 33.1 Å². The number of carbonyl (C=O) groups is 1. The van der Waals surface area contributed by atoms with Crippen molar-refractivity contribution in [2.24, 2.45) is 16.7 Å². The summed E-state index contributed by atoms with van der Waals surface area (Å²) in [6.45, 7) is 3.89. The summed E-state index contributed by atoms with van der Waals surface area (Å²) in [6, 6.07) is 0. The predicted molar refractivity (Wildman–Crippen MR) is 65.4 cm³/mol. The van der Waals surface area contributed by atoms with E-state index < -0.39 is 21.3 Å². The fourth-order valence-electron chi connectivity index (χ4n) is 3.42. The molecule has 0 amide bonds. The number of Topliss-reactive ketones (excluding diaryl/α,β-unsaturated/α-hetero) is 1.